The molecule has 0 saturated carbocycles. The van der Waals surface area contributed by atoms with Crippen LogP contribution in [-0.2, 0) is 15.9 Å². The predicted molar refractivity (Wildman–Crippen MR) is 80.6 cm³/mol. The fourth-order valence-electron chi connectivity index (χ4n) is 1.59. The third-order valence-corrected chi connectivity index (χ3v) is 3.96. The summed E-state index contributed by atoms with van der Waals surface area (Å²) in [4.78, 5) is 15.7. The minimum atomic E-state index is -0.526. The maximum atomic E-state index is 11.4. The molecule has 0 atom stereocenters. The fourth-order valence-corrected chi connectivity index (χ4v) is 2.66. The SMILES string of the molecule is COCCc1ccc(Oc2nc(Cl)c(C(=O)OC)s2)cc1. The Labute approximate surface area is 131 Å². The van der Waals surface area contributed by atoms with Gasteiger partial charge in [0, 0.05) is 7.11 Å². The van der Waals surface area contributed by atoms with Gasteiger partial charge in [-0.2, -0.15) is 4.98 Å². The number of carbonyl (C=O) groups is 1. The van der Waals surface area contributed by atoms with Gasteiger partial charge in [0.15, 0.2) is 10.0 Å². The van der Waals surface area contributed by atoms with Crippen LogP contribution in [0.1, 0.15) is 15.2 Å². The Kier molecular flexibility index (Phi) is 5.55. The number of benzene rings is 1. The van der Waals surface area contributed by atoms with E-state index >= 15 is 0 Å². The Morgan fingerprint density at radius 1 is 1.29 bits per heavy atom. The van der Waals surface area contributed by atoms with E-state index < -0.39 is 5.97 Å². The summed E-state index contributed by atoms with van der Waals surface area (Å²) in [6, 6.07) is 7.56. The summed E-state index contributed by atoms with van der Waals surface area (Å²) in [6.07, 6.45) is 0.840. The number of ether oxygens (including phenoxy) is 3. The summed E-state index contributed by atoms with van der Waals surface area (Å²) in [5, 5.41) is 0.378. The average molecular weight is 328 g/mol. The van der Waals surface area contributed by atoms with E-state index in [0.717, 1.165) is 23.3 Å². The van der Waals surface area contributed by atoms with Crippen LogP contribution in [0.5, 0.6) is 10.9 Å². The molecule has 0 aliphatic rings. The van der Waals surface area contributed by atoms with Gasteiger partial charge in [0.05, 0.1) is 13.7 Å². The van der Waals surface area contributed by atoms with Crippen LogP contribution in [0.15, 0.2) is 24.3 Å². The zero-order chi connectivity index (χ0) is 15.2. The minimum Gasteiger partial charge on any atom is -0.465 e. The van der Waals surface area contributed by atoms with Crippen molar-refractivity contribution in [1.29, 1.82) is 0 Å². The van der Waals surface area contributed by atoms with Crippen molar-refractivity contribution in [3.05, 3.63) is 39.9 Å². The molecular weight excluding hydrogens is 314 g/mol. The molecule has 5 nitrogen and oxygen atoms in total. The number of aromatic nitrogens is 1. The summed E-state index contributed by atoms with van der Waals surface area (Å²) < 4.78 is 15.2. The van der Waals surface area contributed by atoms with E-state index in [1.165, 1.54) is 7.11 Å². The lowest BCUT2D eigenvalue weighted by molar-refractivity contribution is 0.0606. The number of nitrogens with zero attached hydrogens (tertiary/aromatic N) is 1. The molecule has 0 bridgehead atoms. The van der Waals surface area contributed by atoms with Gasteiger partial charge in [0.25, 0.3) is 5.19 Å². The molecule has 0 unspecified atom stereocenters. The molecule has 0 fully saturated rings. The molecule has 0 radical (unpaired) electrons. The molecular formula is C14H14ClNO4S. The number of halogens is 1. The van der Waals surface area contributed by atoms with Gasteiger partial charge in [-0.15, -0.1) is 0 Å². The van der Waals surface area contributed by atoms with E-state index in [-0.39, 0.29) is 10.0 Å². The summed E-state index contributed by atoms with van der Waals surface area (Å²) in [7, 11) is 2.96. The molecule has 0 amide bonds. The van der Waals surface area contributed by atoms with E-state index in [4.69, 9.17) is 21.1 Å². The van der Waals surface area contributed by atoms with Crippen molar-refractivity contribution in [3.8, 4) is 10.9 Å². The van der Waals surface area contributed by atoms with Crippen molar-refractivity contribution < 1.29 is 19.0 Å². The van der Waals surface area contributed by atoms with Crippen LogP contribution in [-0.4, -0.2) is 31.8 Å². The van der Waals surface area contributed by atoms with Gasteiger partial charge < -0.3 is 14.2 Å². The molecule has 7 heteroatoms. The summed E-state index contributed by atoms with van der Waals surface area (Å²) in [6.45, 7) is 0.671. The van der Waals surface area contributed by atoms with Crippen molar-refractivity contribution >= 4 is 28.9 Å². The largest absolute Gasteiger partial charge is 0.465 e. The highest BCUT2D eigenvalue weighted by molar-refractivity contribution is 7.15. The van der Waals surface area contributed by atoms with Gasteiger partial charge in [-0.1, -0.05) is 35.1 Å². The highest BCUT2D eigenvalue weighted by Crippen LogP contribution is 2.32. The zero-order valence-corrected chi connectivity index (χ0v) is 13.2. The standard InChI is InChI=1S/C14H14ClNO4S/c1-18-8-7-9-3-5-10(6-4-9)20-14-16-12(15)11(21-14)13(17)19-2/h3-6H,7-8H2,1-2H3. The Hall–Kier alpha value is -1.63. The number of esters is 1. The Morgan fingerprint density at radius 3 is 2.62 bits per heavy atom. The lowest BCUT2D eigenvalue weighted by atomic mass is 10.1. The zero-order valence-electron chi connectivity index (χ0n) is 11.6. The van der Waals surface area contributed by atoms with Crippen molar-refractivity contribution in [2.75, 3.05) is 20.8 Å². The topological polar surface area (TPSA) is 57.7 Å². The van der Waals surface area contributed by atoms with Crippen molar-refractivity contribution in [2.24, 2.45) is 0 Å². The number of hydrogen-bond donors (Lipinski definition) is 0. The third kappa shape index (κ3) is 4.17. The quantitative estimate of drug-likeness (QED) is 0.759. The van der Waals surface area contributed by atoms with Gasteiger partial charge in [-0.05, 0) is 24.1 Å². The molecule has 2 aromatic rings. The van der Waals surface area contributed by atoms with Crippen LogP contribution in [0.2, 0.25) is 5.15 Å². The molecule has 0 N–H and O–H groups in total. The number of carbonyl (C=O) groups excluding carboxylic acids is 1. The lowest BCUT2D eigenvalue weighted by Crippen LogP contribution is -1.98. The van der Waals surface area contributed by atoms with Crippen LogP contribution in [0.4, 0.5) is 0 Å². The number of rotatable bonds is 6. The first-order valence-electron chi connectivity index (χ1n) is 6.14. The first-order valence-corrected chi connectivity index (χ1v) is 7.34. The van der Waals surface area contributed by atoms with Crippen molar-refractivity contribution in [2.45, 2.75) is 6.42 Å². The van der Waals surface area contributed by atoms with Gasteiger partial charge in [-0.25, -0.2) is 4.79 Å². The minimum absolute atomic E-state index is 0.0820. The van der Waals surface area contributed by atoms with Crippen molar-refractivity contribution in [3.63, 3.8) is 0 Å². The third-order valence-electron chi connectivity index (χ3n) is 2.66. The first kappa shape index (κ1) is 15.8. The van der Waals surface area contributed by atoms with Gasteiger partial charge >= 0.3 is 5.97 Å². The molecule has 112 valence electrons. The Bertz CT molecular complexity index is 612. The summed E-state index contributed by atoms with van der Waals surface area (Å²) in [5.74, 6) is 0.0975. The van der Waals surface area contributed by atoms with Crippen LogP contribution in [0, 0.1) is 0 Å². The number of hydrogen-bond acceptors (Lipinski definition) is 6. The van der Waals surface area contributed by atoms with E-state index in [1.54, 1.807) is 7.11 Å². The van der Waals surface area contributed by atoms with Crippen LogP contribution in [0.3, 0.4) is 0 Å². The molecule has 0 spiro atoms. The molecule has 0 aliphatic carbocycles. The monoisotopic (exact) mass is 327 g/mol. The molecule has 1 heterocycles. The van der Waals surface area contributed by atoms with E-state index in [2.05, 4.69) is 9.72 Å². The maximum absolute atomic E-state index is 11.4. The maximum Gasteiger partial charge on any atom is 0.351 e. The van der Waals surface area contributed by atoms with E-state index in [0.29, 0.717) is 17.6 Å². The predicted octanol–water partition coefficient (Wildman–Crippen LogP) is 3.56. The summed E-state index contributed by atoms with van der Waals surface area (Å²) >= 11 is 6.92. The second-order valence-corrected chi connectivity index (χ2v) is 5.40. The first-order chi connectivity index (χ1) is 10.1. The molecule has 0 saturated heterocycles. The number of thiazole rings is 1. The molecule has 2 rings (SSSR count). The van der Waals surface area contributed by atoms with Gasteiger partial charge in [-0.3, -0.25) is 0 Å². The van der Waals surface area contributed by atoms with Gasteiger partial charge in [0.2, 0.25) is 0 Å². The Balaban J connectivity index is 2.06. The van der Waals surface area contributed by atoms with Crippen LogP contribution < -0.4 is 4.74 Å². The molecule has 0 aliphatic heterocycles. The highest BCUT2D eigenvalue weighted by atomic mass is 35.5. The van der Waals surface area contributed by atoms with Gasteiger partial charge in [0.1, 0.15) is 5.75 Å². The smallest absolute Gasteiger partial charge is 0.351 e. The fraction of sp³-hybridized carbons (Fsp3) is 0.286. The van der Waals surface area contributed by atoms with Crippen LogP contribution >= 0.6 is 22.9 Å². The second-order valence-electron chi connectivity index (χ2n) is 4.08. The van der Waals surface area contributed by atoms with Crippen molar-refractivity contribution in [1.82, 2.24) is 4.98 Å². The Morgan fingerprint density at radius 2 is 2.00 bits per heavy atom. The van der Waals surface area contributed by atoms with E-state index in [9.17, 15) is 4.79 Å². The number of methoxy groups -OCH3 is 2. The molecule has 1 aromatic carbocycles. The summed E-state index contributed by atoms with van der Waals surface area (Å²) in [5.41, 5.74) is 1.15. The normalized spacial score (nSPS) is 10.4. The lowest BCUT2D eigenvalue weighted by Gasteiger charge is -2.03. The van der Waals surface area contributed by atoms with E-state index in [1.807, 2.05) is 24.3 Å². The van der Waals surface area contributed by atoms with Crippen LogP contribution in [0.25, 0.3) is 0 Å². The molecule has 21 heavy (non-hydrogen) atoms. The highest BCUT2D eigenvalue weighted by Gasteiger charge is 2.18. The molecule has 1 aromatic heterocycles. The average Bonchev–Trinajstić information content (AvgIpc) is 2.86. The second kappa shape index (κ2) is 7.40.